The third kappa shape index (κ3) is 5.15. The van der Waals surface area contributed by atoms with E-state index in [9.17, 15) is 14.9 Å². The fraction of sp³-hybridized carbons (Fsp3) is 0.192. The molecule has 0 spiro atoms. The number of nitriles is 1. The number of hydrogen-bond acceptors (Lipinski definition) is 9. The van der Waals surface area contributed by atoms with Crippen molar-refractivity contribution in [2.45, 2.75) is 29.5 Å². The van der Waals surface area contributed by atoms with Crippen LogP contribution in [-0.4, -0.2) is 27.6 Å². The molecule has 3 aromatic rings. The van der Waals surface area contributed by atoms with Crippen molar-refractivity contribution in [1.82, 2.24) is 10.2 Å². The Hall–Kier alpha value is -3.36. The Labute approximate surface area is 237 Å². The molecule has 1 unspecified atom stereocenters. The van der Waals surface area contributed by atoms with Crippen LogP contribution < -0.4 is 16.0 Å². The summed E-state index contributed by atoms with van der Waals surface area (Å²) in [6.07, 6.45) is 1.72. The van der Waals surface area contributed by atoms with Gasteiger partial charge in [0, 0.05) is 22.7 Å². The van der Waals surface area contributed by atoms with Gasteiger partial charge in [-0.25, -0.2) is 0 Å². The molecule has 2 aromatic carbocycles. The van der Waals surface area contributed by atoms with E-state index in [0.29, 0.717) is 55.6 Å². The number of rotatable bonds is 6. The lowest BCUT2D eigenvalue weighted by atomic mass is 9.76. The van der Waals surface area contributed by atoms with Crippen LogP contribution in [-0.2, 0) is 9.59 Å². The summed E-state index contributed by atoms with van der Waals surface area (Å²) in [4.78, 5) is 27.3. The third-order valence-corrected chi connectivity index (χ3v) is 8.75. The number of Topliss-reactive ketones (excluding diaryl/α,β-unsaturated/α-hetero) is 1. The van der Waals surface area contributed by atoms with Gasteiger partial charge in [0.25, 0.3) is 0 Å². The second-order valence-corrected chi connectivity index (χ2v) is 11.6. The van der Waals surface area contributed by atoms with E-state index in [0.717, 1.165) is 11.3 Å². The lowest BCUT2D eigenvalue weighted by Crippen LogP contribution is -2.38. The highest BCUT2D eigenvalue weighted by atomic mass is 35.5. The number of benzene rings is 2. The maximum Gasteiger partial charge on any atom is 0.234 e. The number of nitrogens with one attached hydrogen (secondary N) is 1. The van der Waals surface area contributed by atoms with Crippen molar-refractivity contribution in [3.8, 4) is 6.07 Å². The normalized spacial score (nSPS) is 17.3. The summed E-state index contributed by atoms with van der Waals surface area (Å²) in [5, 5.41) is 22.6. The quantitative estimate of drug-likeness (QED) is 0.345. The number of carbonyl (C=O) groups excluding carboxylic acids is 2. The van der Waals surface area contributed by atoms with Gasteiger partial charge in [0.1, 0.15) is 5.82 Å². The van der Waals surface area contributed by atoms with Crippen LogP contribution in [0.3, 0.4) is 0 Å². The number of nitrogens with zero attached hydrogens (tertiary/aromatic N) is 4. The summed E-state index contributed by atoms with van der Waals surface area (Å²) < 4.78 is 0.540. The van der Waals surface area contributed by atoms with Crippen LogP contribution in [0.5, 0.6) is 0 Å². The smallest absolute Gasteiger partial charge is 0.234 e. The van der Waals surface area contributed by atoms with E-state index >= 15 is 0 Å². The van der Waals surface area contributed by atoms with Gasteiger partial charge in [0.15, 0.2) is 10.1 Å². The zero-order valence-corrected chi connectivity index (χ0v) is 22.9. The number of hydrogen-bond donors (Lipinski definition) is 2. The van der Waals surface area contributed by atoms with E-state index in [1.54, 1.807) is 23.1 Å². The van der Waals surface area contributed by atoms with E-state index in [-0.39, 0.29) is 23.3 Å². The maximum atomic E-state index is 13.2. The predicted octanol–water partition coefficient (Wildman–Crippen LogP) is 5.88. The van der Waals surface area contributed by atoms with E-state index in [4.69, 9.17) is 28.9 Å². The average molecular weight is 584 g/mol. The minimum atomic E-state index is -0.523. The Balaban J connectivity index is 1.40. The molecule has 1 amide bonds. The van der Waals surface area contributed by atoms with Crippen LogP contribution >= 0.6 is 46.3 Å². The van der Waals surface area contributed by atoms with E-state index in [2.05, 4.69) is 21.6 Å². The Morgan fingerprint density at radius 2 is 2.00 bits per heavy atom. The molecule has 0 fully saturated rings. The number of aromatic nitrogens is 2. The maximum absolute atomic E-state index is 13.2. The monoisotopic (exact) mass is 582 g/mol. The van der Waals surface area contributed by atoms with Crippen LogP contribution in [0.4, 0.5) is 10.8 Å². The molecule has 1 aliphatic heterocycles. The average Bonchev–Trinajstić information content (AvgIpc) is 3.37. The predicted molar refractivity (Wildman–Crippen MR) is 150 cm³/mol. The molecular weight excluding hydrogens is 563 g/mol. The zero-order valence-electron chi connectivity index (χ0n) is 19.8. The van der Waals surface area contributed by atoms with Crippen LogP contribution in [0.2, 0.25) is 10.0 Å². The van der Waals surface area contributed by atoms with Crippen molar-refractivity contribution in [2.24, 2.45) is 5.73 Å². The van der Waals surface area contributed by atoms with Gasteiger partial charge in [-0.1, -0.05) is 76.6 Å². The van der Waals surface area contributed by atoms with Gasteiger partial charge in [-0.3, -0.25) is 14.5 Å². The van der Waals surface area contributed by atoms with Crippen molar-refractivity contribution >= 4 is 68.8 Å². The van der Waals surface area contributed by atoms with Gasteiger partial charge in [-0.05, 0) is 36.6 Å². The fourth-order valence-corrected chi connectivity index (χ4v) is 6.68. The van der Waals surface area contributed by atoms with Crippen LogP contribution in [0.25, 0.3) is 0 Å². The Morgan fingerprint density at radius 1 is 1.21 bits per heavy atom. The van der Waals surface area contributed by atoms with Gasteiger partial charge in [-0.2, -0.15) is 5.26 Å². The van der Waals surface area contributed by atoms with Crippen LogP contribution in [0.15, 0.2) is 75.5 Å². The molecule has 1 aromatic heterocycles. The topological polar surface area (TPSA) is 125 Å². The first kappa shape index (κ1) is 26.3. The van der Waals surface area contributed by atoms with Crippen molar-refractivity contribution in [2.75, 3.05) is 16.0 Å². The lowest BCUT2D eigenvalue weighted by molar-refractivity contribution is -0.116. The molecule has 192 valence electrons. The minimum absolute atomic E-state index is 0.00185. The number of amides is 1. The molecule has 0 radical (unpaired) electrons. The first-order chi connectivity index (χ1) is 18.4. The van der Waals surface area contributed by atoms with E-state index < -0.39 is 5.92 Å². The van der Waals surface area contributed by atoms with E-state index in [1.807, 2.05) is 30.3 Å². The number of anilines is 2. The standard InChI is InChI=1S/C26H20Cl2N6O2S2/c27-15-9-10-18(17(28)11-15)31-21(36)13-37-26-33-32-25(38-26)34-19-7-4-8-20(35)23(19)22(16(12-29)24(34)30)14-5-2-1-3-6-14/h1-3,5-6,9-11,22H,4,7-8,13,30H2,(H,31,36). The van der Waals surface area contributed by atoms with Crippen molar-refractivity contribution in [3.63, 3.8) is 0 Å². The molecule has 1 atom stereocenters. The molecule has 5 rings (SSSR count). The van der Waals surface area contributed by atoms with Gasteiger partial charge in [0.05, 0.1) is 34.0 Å². The number of thioether (sulfide) groups is 1. The van der Waals surface area contributed by atoms with Gasteiger partial charge >= 0.3 is 0 Å². The summed E-state index contributed by atoms with van der Waals surface area (Å²) in [5.74, 6) is -0.482. The number of halogens is 2. The molecule has 2 aliphatic rings. The summed E-state index contributed by atoms with van der Waals surface area (Å²) in [6.45, 7) is 0. The SMILES string of the molecule is N#CC1=C(N)N(c2nnc(SCC(=O)Nc3ccc(Cl)cc3Cl)s2)C2=C(C(=O)CCC2)C1c1ccccc1. The zero-order chi connectivity index (χ0) is 26.8. The second-order valence-electron chi connectivity index (χ2n) is 8.54. The summed E-state index contributed by atoms with van der Waals surface area (Å²) in [6, 6.07) is 16.5. The summed E-state index contributed by atoms with van der Waals surface area (Å²) >= 11 is 14.5. The van der Waals surface area contributed by atoms with Crippen molar-refractivity contribution < 1.29 is 9.59 Å². The molecule has 2 heterocycles. The van der Waals surface area contributed by atoms with Crippen molar-refractivity contribution in [3.05, 3.63) is 86.8 Å². The molecule has 8 nitrogen and oxygen atoms in total. The first-order valence-corrected chi connectivity index (χ1v) is 14.2. The highest BCUT2D eigenvalue weighted by Gasteiger charge is 2.41. The van der Waals surface area contributed by atoms with Gasteiger partial charge in [0.2, 0.25) is 11.0 Å². The first-order valence-electron chi connectivity index (χ1n) is 11.6. The lowest BCUT2D eigenvalue weighted by Gasteiger charge is -2.38. The second kappa shape index (κ2) is 11.2. The molecule has 0 saturated carbocycles. The number of ketones is 1. The number of nitrogens with two attached hydrogens (primary N) is 1. The number of allylic oxidation sites excluding steroid dienone is 3. The van der Waals surface area contributed by atoms with Crippen LogP contribution in [0, 0.1) is 11.3 Å². The fourth-order valence-electron chi connectivity index (χ4n) is 4.54. The Morgan fingerprint density at radius 3 is 2.74 bits per heavy atom. The minimum Gasteiger partial charge on any atom is -0.384 e. The molecular formula is C26H20Cl2N6O2S2. The van der Waals surface area contributed by atoms with E-state index in [1.165, 1.54) is 23.1 Å². The highest BCUT2D eigenvalue weighted by molar-refractivity contribution is 8.01. The molecule has 0 saturated heterocycles. The molecule has 0 bridgehead atoms. The summed E-state index contributed by atoms with van der Waals surface area (Å²) in [5.41, 5.74) is 9.50. The Kier molecular flexibility index (Phi) is 7.72. The third-order valence-electron chi connectivity index (χ3n) is 6.17. The molecule has 1 aliphatic carbocycles. The molecule has 12 heteroatoms. The van der Waals surface area contributed by atoms with Gasteiger partial charge < -0.3 is 11.1 Å². The summed E-state index contributed by atoms with van der Waals surface area (Å²) in [7, 11) is 0. The largest absolute Gasteiger partial charge is 0.384 e. The number of carbonyl (C=O) groups is 2. The Bertz CT molecular complexity index is 1530. The van der Waals surface area contributed by atoms with Crippen LogP contribution in [0.1, 0.15) is 30.7 Å². The molecule has 3 N–H and O–H groups in total. The molecule has 38 heavy (non-hydrogen) atoms. The van der Waals surface area contributed by atoms with Crippen molar-refractivity contribution in [1.29, 1.82) is 5.26 Å². The highest BCUT2D eigenvalue weighted by Crippen LogP contribution is 2.47. The van der Waals surface area contributed by atoms with Gasteiger partial charge in [-0.15, -0.1) is 10.2 Å².